The molecule has 1 aromatic carbocycles. The van der Waals surface area contributed by atoms with Crippen LogP contribution in [0.4, 0.5) is 0 Å². The van der Waals surface area contributed by atoms with Gasteiger partial charge in [0.25, 0.3) is 5.91 Å². The van der Waals surface area contributed by atoms with Crippen LogP contribution < -0.4 is 10.1 Å². The highest BCUT2D eigenvalue weighted by Crippen LogP contribution is 2.55. The Hall–Kier alpha value is -2.53. The summed E-state index contributed by atoms with van der Waals surface area (Å²) >= 11 is 3.39. The fourth-order valence-corrected chi connectivity index (χ4v) is 4.60. The van der Waals surface area contributed by atoms with Crippen LogP contribution in [0.25, 0.3) is 0 Å². The molecule has 0 saturated heterocycles. The number of rotatable bonds is 4. The maximum atomic E-state index is 12.5. The molecule has 8 heteroatoms. The number of amides is 1. The number of aromatic nitrogens is 3. The van der Waals surface area contributed by atoms with Crippen molar-refractivity contribution in [1.29, 1.82) is 5.26 Å². The highest BCUT2D eigenvalue weighted by atomic mass is 79.9. The molecule has 0 atom stereocenters. The van der Waals surface area contributed by atoms with Gasteiger partial charge in [0.1, 0.15) is 24.3 Å². The fourth-order valence-electron chi connectivity index (χ4n) is 4.15. The van der Waals surface area contributed by atoms with E-state index in [1.165, 1.54) is 12.5 Å². The van der Waals surface area contributed by atoms with E-state index in [4.69, 9.17) is 10.00 Å². The lowest BCUT2D eigenvalue weighted by molar-refractivity contribution is -0.164. The molecule has 1 fully saturated rings. The standard InChI is InChI=1S/C19H20BrN5O2/c1-18(2)16(24-15(26)14-9-22-10-23-25-14)19(3,4)17(18)27-12-6-5-11(8-21)13(20)7-12/h5-7,9-10,16-17H,1-4H3,(H,24,26). The van der Waals surface area contributed by atoms with Gasteiger partial charge in [0.2, 0.25) is 0 Å². The van der Waals surface area contributed by atoms with Gasteiger partial charge in [0.15, 0.2) is 5.69 Å². The van der Waals surface area contributed by atoms with Gasteiger partial charge < -0.3 is 10.1 Å². The Balaban J connectivity index is 1.77. The fraction of sp³-hybridized carbons (Fsp3) is 0.421. The summed E-state index contributed by atoms with van der Waals surface area (Å²) in [4.78, 5) is 16.3. The van der Waals surface area contributed by atoms with E-state index in [0.29, 0.717) is 15.8 Å². The molecule has 1 heterocycles. The highest BCUT2D eigenvalue weighted by molar-refractivity contribution is 9.10. The van der Waals surface area contributed by atoms with E-state index in [2.05, 4.69) is 70.2 Å². The average molecular weight is 430 g/mol. The van der Waals surface area contributed by atoms with E-state index in [1.807, 2.05) is 0 Å². The number of nitrogens with zero attached hydrogens (tertiary/aromatic N) is 4. The van der Waals surface area contributed by atoms with Gasteiger partial charge in [-0.3, -0.25) is 4.79 Å². The average Bonchev–Trinajstić information content (AvgIpc) is 2.64. The molecule has 1 aromatic heterocycles. The zero-order valence-electron chi connectivity index (χ0n) is 15.5. The lowest BCUT2D eigenvalue weighted by Gasteiger charge is -2.63. The molecule has 1 N–H and O–H groups in total. The van der Waals surface area contributed by atoms with Gasteiger partial charge in [0, 0.05) is 21.3 Å². The molecule has 7 nitrogen and oxygen atoms in total. The van der Waals surface area contributed by atoms with Crippen LogP contribution in [0.5, 0.6) is 5.75 Å². The second-order valence-electron chi connectivity index (χ2n) is 7.79. The molecule has 0 radical (unpaired) electrons. The van der Waals surface area contributed by atoms with Crippen molar-refractivity contribution < 1.29 is 9.53 Å². The van der Waals surface area contributed by atoms with E-state index in [-0.39, 0.29) is 34.6 Å². The predicted molar refractivity (Wildman–Crippen MR) is 102 cm³/mol. The third-order valence-electron chi connectivity index (χ3n) is 5.14. The molecular weight excluding hydrogens is 410 g/mol. The summed E-state index contributed by atoms with van der Waals surface area (Å²) in [5.41, 5.74) is 0.117. The van der Waals surface area contributed by atoms with Crippen LogP contribution in [0.3, 0.4) is 0 Å². The van der Waals surface area contributed by atoms with Gasteiger partial charge in [0.05, 0.1) is 11.8 Å². The van der Waals surface area contributed by atoms with Crippen molar-refractivity contribution in [3.8, 4) is 11.8 Å². The monoisotopic (exact) mass is 429 g/mol. The van der Waals surface area contributed by atoms with Crippen LogP contribution in [0.15, 0.2) is 35.2 Å². The molecule has 0 spiro atoms. The zero-order chi connectivity index (χ0) is 19.8. The minimum absolute atomic E-state index is 0.119. The highest BCUT2D eigenvalue weighted by Gasteiger charge is 2.64. The Morgan fingerprint density at radius 3 is 2.56 bits per heavy atom. The van der Waals surface area contributed by atoms with Gasteiger partial charge in [-0.25, -0.2) is 4.98 Å². The Morgan fingerprint density at radius 1 is 1.30 bits per heavy atom. The van der Waals surface area contributed by atoms with Crippen molar-refractivity contribution in [1.82, 2.24) is 20.5 Å². The molecule has 1 saturated carbocycles. The lowest BCUT2D eigenvalue weighted by atomic mass is 9.49. The lowest BCUT2D eigenvalue weighted by Crippen LogP contribution is -2.74. The third-order valence-corrected chi connectivity index (χ3v) is 5.80. The van der Waals surface area contributed by atoms with Crippen molar-refractivity contribution in [2.75, 3.05) is 0 Å². The first-order valence-electron chi connectivity index (χ1n) is 8.47. The smallest absolute Gasteiger partial charge is 0.273 e. The molecule has 0 unspecified atom stereocenters. The second-order valence-corrected chi connectivity index (χ2v) is 8.65. The van der Waals surface area contributed by atoms with Crippen molar-refractivity contribution in [2.24, 2.45) is 10.8 Å². The maximum absolute atomic E-state index is 12.5. The molecule has 0 aliphatic heterocycles. The molecule has 27 heavy (non-hydrogen) atoms. The Kier molecular flexibility index (Phi) is 4.91. The summed E-state index contributed by atoms with van der Waals surface area (Å²) < 4.78 is 6.94. The predicted octanol–water partition coefficient (Wildman–Crippen LogP) is 3.12. The number of hydrogen-bond donors (Lipinski definition) is 1. The molecule has 3 rings (SSSR count). The van der Waals surface area contributed by atoms with Crippen molar-refractivity contribution in [2.45, 2.75) is 39.8 Å². The van der Waals surface area contributed by atoms with Crippen molar-refractivity contribution in [3.05, 3.63) is 46.5 Å². The number of ether oxygens (including phenoxy) is 1. The van der Waals surface area contributed by atoms with Crippen LogP contribution in [0.2, 0.25) is 0 Å². The summed E-state index contributed by atoms with van der Waals surface area (Å²) in [5.74, 6) is 0.372. The number of carbonyl (C=O) groups is 1. The van der Waals surface area contributed by atoms with Crippen molar-refractivity contribution in [3.63, 3.8) is 0 Å². The van der Waals surface area contributed by atoms with E-state index >= 15 is 0 Å². The van der Waals surface area contributed by atoms with Crippen LogP contribution in [-0.4, -0.2) is 33.2 Å². The van der Waals surface area contributed by atoms with Gasteiger partial charge in [-0.15, -0.1) is 10.2 Å². The quantitative estimate of drug-likeness (QED) is 0.800. The summed E-state index contributed by atoms with van der Waals surface area (Å²) in [6, 6.07) is 7.29. The van der Waals surface area contributed by atoms with Crippen LogP contribution in [0.1, 0.15) is 43.7 Å². The summed E-state index contributed by atoms with van der Waals surface area (Å²) in [5, 5.41) is 19.6. The van der Waals surface area contributed by atoms with Gasteiger partial charge in [-0.05, 0) is 34.1 Å². The topological polar surface area (TPSA) is 101 Å². The zero-order valence-corrected chi connectivity index (χ0v) is 17.1. The molecule has 0 bridgehead atoms. The van der Waals surface area contributed by atoms with Gasteiger partial charge >= 0.3 is 0 Å². The Morgan fingerprint density at radius 2 is 2.00 bits per heavy atom. The first-order valence-corrected chi connectivity index (χ1v) is 9.27. The summed E-state index contributed by atoms with van der Waals surface area (Å²) in [7, 11) is 0. The van der Waals surface area contributed by atoms with E-state index in [0.717, 1.165) is 0 Å². The number of hydrogen-bond acceptors (Lipinski definition) is 6. The van der Waals surface area contributed by atoms with Crippen LogP contribution >= 0.6 is 15.9 Å². The number of carbonyl (C=O) groups excluding carboxylic acids is 1. The first-order chi connectivity index (χ1) is 12.7. The van der Waals surface area contributed by atoms with E-state index in [1.54, 1.807) is 18.2 Å². The minimum atomic E-state index is -0.310. The van der Waals surface area contributed by atoms with E-state index < -0.39 is 0 Å². The molecule has 2 aromatic rings. The molecule has 1 aliphatic rings. The first kappa shape index (κ1) is 19.2. The van der Waals surface area contributed by atoms with Gasteiger partial charge in [-0.1, -0.05) is 27.7 Å². The number of nitriles is 1. The molecule has 1 aliphatic carbocycles. The minimum Gasteiger partial charge on any atom is -0.489 e. The van der Waals surface area contributed by atoms with Crippen LogP contribution in [-0.2, 0) is 0 Å². The van der Waals surface area contributed by atoms with E-state index in [9.17, 15) is 4.79 Å². The summed E-state index contributed by atoms with van der Waals surface area (Å²) in [6.45, 7) is 8.23. The Bertz CT molecular complexity index is 892. The van der Waals surface area contributed by atoms with Gasteiger partial charge in [-0.2, -0.15) is 5.26 Å². The maximum Gasteiger partial charge on any atom is 0.273 e. The second kappa shape index (κ2) is 6.89. The third kappa shape index (κ3) is 3.39. The number of nitrogens with one attached hydrogen (secondary N) is 1. The molecule has 1 amide bonds. The largest absolute Gasteiger partial charge is 0.489 e. The molecular formula is C19H20BrN5O2. The number of benzene rings is 1. The summed E-state index contributed by atoms with van der Waals surface area (Å²) in [6.07, 6.45) is 2.55. The Labute approximate surface area is 166 Å². The normalized spacial score (nSPS) is 22.2. The number of halogens is 1. The van der Waals surface area contributed by atoms with Crippen LogP contribution in [0, 0.1) is 22.2 Å². The SMILES string of the molecule is CC1(C)C(NC(=O)c2cncnn2)C(C)(C)C1Oc1ccc(C#N)c(Br)c1. The van der Waals surface area contributed by atoms with Crippen molar-refractivity contribution >= 4 is 21.8 Å². The molecule has 140 valence electrons.